The van der Waals surface area contributed by atoms with E-state index in [0.29, 0.717) is 44.1 Å². The van der Waals surface area contributed by atoms with Crippen LogP contribution in [-0.4, -0.2) is 61.1 Å². The lowest BCUT2D eigenvalue weighted by Crippen LogP contribution is -2.51. The number of nitriles is 1. The van der Waals surface area contributed by atoms with E-state index < -0.39 is 6.03 Å². The maximum absolute atomic E-state index is 11.8. The molecule has 1 fully saturated rings. The molecular weight excluding hydrogens is 308 g/mol. The lowest BCUT2D eigenvalue weighted by Gasteiger charge is -2.35. The lowest BCUT2D eigenvalue weighted by atomic mass is 10.2. The van der Waals surface area contributed by atoms with Gasteiger partial charge in [-0.1, -0.05) is 6.08 Å². The van der Waals surface area contributed by atoms with E-state index in [1.807, 2.05) is 9.80 Å². The van der Waals surface area contributed by atoms with E-state index >= 15 is 0 Å². The smallest absolute Gasteiger partial charge is 0.321 e. The Morgan fingerprint density at radius 2 is 2.12 bits per heavy atom. The van der Waals surface area contributed by atoms with Crippen LogP contribution < -0.4 is 15.5 Å². The summed E-state index contributed by atoms with van der Waals surface area (Å²) in [6.45, 7) is 6.60. The van der Waals surface area contributed by atoms with Crippen molar-refractivity contribution in [1.82, 2.24) is 20.5 Å². The standard InChI is InChI=1S/C16H20N6O2/c1-2-5-19-16(24)20-14(23)12-21-7-9-22(10-8-21)15-13(11-17)4-3-6-18-15/h2-4,6H,1,5,7-10,12H2,(H2,19,20,23,24). The number of urea groups is 1. The van der Waals surface area contributed by atoms with Crippen molar-refractivity contribution in [2.75, 3.05) is 44.2 Å². The highest BCUT2D eigenvalue weighted by Gasteiger charge is 2.22. The third kappa shape index (κ3) is 4.79. The number of nitrogens with one attached hydrogen (secondary N) is 2. The van der Waals surface area contributed by atoms with Crippen LogP contribution in [0.2, 0.25) is 0 Å². The Balaban J connectivity index is 1.80. The minimum atomic E-state index is -0.523. The summed E-state index contributed by atoms with van der Waals surface area (Å²) in [6, 6.07) is 5.10. The SMILES string of the molecule is C=CCNC(=O)NC(=O)CN1CCN(c2ncccc2C#N)CC1. The Bertz CT molecular complexity index is 646. The second-order valence-electron chi connectivity index (χ2n) is 5.30. The van der Waals surface area contributed by atoms with Gasteiger partial charge in [0.1, 0.15) is 11.9 Å². The quantitative estimate of drug-likeness (QED) is 0.743. The zero-order valence-electron chi connectivity index (χ0n) is 13.4. The molecule has 3 amide bonds. The van der Waals surface area contributed by atoms with Gasteiger partial charge in [-0.2, -0.15) is 5.26 Å². The number of rotatable bonds is 5. The number of pyridine rings is 1. The molecule has 1 aromatic heterocycles. The fraction of sp³-hybridized carbons (Fsp3) is 0.375. The van der Waals surface area contributed by atoms with Gasteiger partial charge in [0.05, 0.1) is 12.1 Å². The van der Waals surface area contributed by atoms with Crippen molar-refractivity contribution < 1.29 is 9.59 Å². The van der Waals surface area contributed by atoms with Gasteiger partial charge in [-0.05, 0) is 12.1 Å². The number of aromatic nitrogens is 1. The number of hydrogen-bond donors (Lipinski definition) is 2. The number of carbonyl (C=O) groups is 2. The first-order chi connectivity index (χ1) is 11.6. The average Bonchev–Trinajstić information content (AvgIpc) is 2.60. The summed E-state index contributed by atoms with van der Waals surface area (Å²) < 4.78 is 0. The molecule has 8 nitrogen and oxygen atoms in total. The van der Waals surface area contributed by atoms with Gasteiger partial charge in [-0.3, -0.25) is 15.0 Å². The summed E-state index contributed by atoms with van der Waals surface area (Å²) in [4.78, 5) is 31.5. The Morgan fingerprint density at radius 1 is 1.38 bits per heavy atom. The van der Waals surface area contributed by atoms with Gasteiger partial charge < -0.3 is 10.2 Å². The molecule has 1 aromatic rings. The average molecular weight is 328 g/mol. The van der Waals surface area contributed by atoms with E-state index in [1.165, 1.54) is 6.08 Å². The Hall–Kier alpha value is -2.92. The molecule has 0 atom stereocenters. The summed E-state index contributed by atoms with van der Waals surface area (Å²) >= 11 is 0. The molecule has 1 saturated heterocycles. The number of carbonyl (C=O) groups excluding carboxylic acids is 2. The van der Waals surface area contributed by atoms with Crippen LogP contribution in [-0.2, 0) is 4.79 Å². The Morgan fingerprint density at radius 3 is 2.79 bits per heavy atom. The van der Waals surface area contributed by atoms with Crippen molar-refractivity contribution in [3.63, 3.8) is 0 Å². The van der Waals surface area contributed by atoms with Gasteiger partial charge in [0.25, 0.3) is 0 Å². The van der Waals surface area contributed by atoms with Crippen LogP contribution in [0, 0.1) is 11.3 Å². The van der Waals surface area contributed by atoms with Gasteiger partial charge in [0.2, 0.25) is 5.91 Å². The molecule has 0 spiro atoms. The molecule has 2 rings (SSSR count). The first kappa shape index (κ1) is 17.4. The number of amides is 3. The fourth-order valence-electron chi connectivity index (χ4n) is 2.43. The van der Waals surface area contributed by atoms with Gasteiger partial charge >= 0.3 is 6.03 Å². The monoisotopic (exact) mass is 328 g/mol. The molecule has 0 bridgehead atoms. The number of anilines is 1. The first-order valence-electron chi connectivity index (χ1n) is 7.65. The number of nitrogens with zero attached hydrogens (tertiary/aromatic N) is 4. The summed E-state index contributed by atoms with van der Waals surface area (Å²) in [6.07, 6.45) is 3.20. The van der Waals surface area contributed by atoms with E-state index in [9.17, 15) is 9.59 Å². The molecule has 0 aromatic carbocycles. The molecule has 0 radical (unpaired) electrons. The molecule has 0 saturated carbocycles. The zero-order chi connectivity index (χ0) is 17.4. The lowest BCUT2D eigenvalue weighted by molar-refractivity contribution is -0.121. The first-order valence-corrected chi connectivity index (χ1v) is 7.65. The van der Waals surface area contributed by atoms with Gasteiger partial charge in [0.15, 0.2) is 0 Å². The fourth-order valence-corrected chi connectivity index (χ4v) is 2.43. The topological polar surface area (TPSA) is 101 Å². The van der Waals surface area contributed by atoms with Crippen molar-refractivity contribution in [2.45, 2.75) is 0 Å². The summed E-state index contributed by atoms with van der Waals surface area (Å²) in [5.41, 5.74) is 0.544. The Labute approximate surface area is 140 Å². The molecule has 0 aliphatic carbocycles. The molecule has 2 N–H and O–H groups in total. The highest BCUT2D eigenvalue weighted by molar-refractivity contribution is 5.95. The Kier molecular flexibility index (Phi) is 6.28. The van der Waals surface area contributed by atoms with Crippen molar-refractivity contribution in [1.29, 1.82) is 5.26 Å². The number of hydrogen-bond acceptors (Lipinski definition) is 6. The molecule has 2 heterocycles. The van der Waals surface area contributed by atoms with E-state index in [2.05, 4.69) is 28.3 Å². The zero-order valence-corrected chi connectivity index (χ0v) is 13.4. The highest BCUT2D eigenvalue weighted by Crippen LogP contribution is 2.17. The minimum absolute atomic E-state index is 0.155. The molecular formula is C16H20N6O2. The molecule has 1 aliphatic rings. The van der Waals surface area contributed by atoms with E-state index in [0.717, 1.165) is 0 Å². The second kappa shape index (κ2) is 8.64. The number of piperazine rings is 1. The summed E-state index contributed by atoms with van der Waals surface area (Å²) in [5.74, 6) is 0.327. The summed E-state index contributed by atoms with van der Waals surface area (Å²) in [5, 5.41) is 13.9. The third-order valence-corrected chi connectivity index (χ3v) is 3.61. The van der Waals surface area contributed by atoms with Crippen molar-refractivity contribution in [3.05, 3.63) is 36.5 Å². The van der Waals surface area contributed by atoms with Crippen LogP contribution in [0.4, 0.5) is 10.6 Å². The van der Waals surface area contributed by atoms with Crippen LogP contribution in [0.5, 0.6) is 0 Å². The van der Waals surface area contributed by atoms with Crippen molar-refractivity contribution in [2.24, 2.45) is 0 Å². The van der Waals surface area contributed by atoms with Gasteiger partial charge in [0, 0.05) is 38.9 Å². The third-order valence-electron chi connectivity index (χ3n) is 3.61. The van der Waals surface area contributed by atoms with Crippen molar-refractivity contribution in [3.8, 4) is 6.07 Å². The predicted octanol–water partition coefficient (Wildman–Crippen LogP) is 0.0871. The minimum Gasteiger partial charge on any atom is -0.353 e. The maximum Gasteiger partial charge on any atom is 0.321 e. The molecule has 1 aliphatic heterocycles. The predicted molar refractivity (Wildman–Crippen MR) is 89.3 cm³/mol. The van der Waals surface area contributed by atoms with Crippen molar-refractivity contribution >= 4 is 17.8 Å². The van der Waals surface area contributed by atoms with E-state index in [1.54, 1.807) is 18.3 Å². The molecule has 0 unspecified atom stereocenters. The second-order valence-corrected chi connectivity index (χ2v) is 5.30. The van der Waals surface area contributed by atoms with E-state index in [4.69, 9.17) is 5.26 Å². The highest BCUT2D eigenvalue weighted by atomic mass is 16.2. The largest absolute Gasteiger partial charge is 0.353 e. The van der Waals surface area contributed by atoms with Crippen LogP contribution in [0.1, 0.15) is 5.56 Å². The normalized spacial score (nSPS) is 14.5. The summed E-state index contributed by atoms with van der Waals surface area (Å²) in [7, 11) is 0. The van der Waals surface area contributed by atoms with Crippen LogP contribution in [0.3, 0.4) is 0 Å². The van der Waals surface area contributed by atoms with Crippen LogP contribution >= 0.6 is 0 Å². The number of imide groups is 1. The molecule has 8 heteroatoms. The molecule has 24 heavy (non-hydrogen) atoms. The maximum atomic E-state index is 11.8. The van der Waals surface area contributed by atoms with E-state index in [-0.39, 0.29) is 12.5 Å². The van der Waals surface area contributed by atoms with Crippen LogP contribution in [0.25, 0.3) is 0 Å². The molecule has 126 valence electrons. The van der Waals surface area contributed by atoms with Crippen LogP contribution in [0.15, 0.2) is 31.0 Å². The van der Waals surface area contributed by atoms with Gasteiger partial charge in [-0.25, -0.2) is 9.78 Å². The van der Waals surface area contributed by atoms with Gasteiger partial charge in [-0.15, -0.1) is 6.58 Å².